The first-order chi connectivity index (χ1) is 7.33. The van der Waals surface area contributed by atoms with E-state index in [1.54, 1.807) is 12.3 Å². The van der Waals surface area contributed by atoms with Crippen molar-refractivity contribution in [1.29, 1.82) is 0 Å². The Bertz CT molecular complexity index is 480. The van der Waals surface area contributed by atoms with E-state index in [4.69, 9.17) is 5.73 Å². The zero-order chi connectivity index (χ0) is 10.7. The van der Waals surface area contributed by atoms with Gasteiger partial charge in [-0.2, -0.15) is 0 Å². The Kier molecular flexibility index (Phi) is 2.46. The Morgan fingerprint density at radius 1 is 1.13 bits per heavy atom. The van der Waals surface area contributed by atoms with Crippen LogP contribution in [0, 0.1) is 0 Å². The number of nitrogens with zero attached hydrogens (tertiary/aromatic N) is 1. The van der Waals surface area contributed by atoms with Crippen LogP contribution in [-0.4, -0.2) is 11.3 Å². The summed E-state index contributed by atoms with van der Waals surface area (Å²) in [4.78, 5) is 14.6. The van der Waals surface area contributed by atoms with Gasteiger partial charge >= 0.3 is 0 Å². The number of carbonyl (C=O) groups excluding carboxylic acids is 1. The third kappa shape index (κ3) is 1.72. The summed E-state index contributed by atoms with van der Waals surface area (Å²) in [5.74, 6) is 0. The first-order valence-corrected chi connectivity index (χ1v) is 4.58. The summed E-state index contributed by atoms with van der Waals surface area (Å²) in [5.41, 5.74) is 8.38. The molecule has 0 aliphatic heterocycles. The topological polar surface area (TPSA) is 56.0 Å². The smallest absolute Gasteiger partial charge is 0.170 e. The number of carbonyl (C=O) groups is 1. The maximum Gasteiger partial charge on any atom is 0.170 e. The van der Waals surface area contributed by atoms with E-state index < -0.39 is 0 Å². The predicted octanol–water partition coefficient (Wildman–Crippen LogP) is 2.14. The second kappa shape index (κ2) is 3.92. The number of hydrogen-bond donors (Lipinski definition) is 1. The minimum Gasteiger partial charge on any atom is -0.396 e. The van der Waals surface area contributed by atoms with Gasteiger partial charge in [-0.1, -0.05) is 30.3 Å². The molecule has 3 nitrogen and oxygen atoms in total. The molecule has 0 spiro atoms. The minimum absolute atomic E-state index is 0.288. The van der Waals surface area contributed by atoms with Crippen LogP contribution in [0.15, 0.2) is 42.6 Å². The number of aromatic nitrogens is 1. The van der Waals surface area contributed by atoms with E-state index in [1.807, 2.05) is 30.3 Å². The standard InChI is InChI=1S/C12H10N2O/c13-12-10(6-7-14-11(12)8-15)9-4-2-1-3-5-9/h1-8H,13H2. The van der Waals surface area contributed by atoms with Crippen LogP contribution in [0.2, 0.25) is 0 Å². The highest BCUT2D eigenvalue weighted by atomic mass is 16.1. The molecule has 15 heavy (non-hydrogen) atoms. The summed E-state index contributed by atoms with van der Waals surface area (Å²) in [5, 5.41) is 0. The number of nitrogens with two attached hydrogens (primary N) is 1. The average Bonchev–Trinajstić information content (AvgIpc) is 2.30. The molecule has 1 heterocycles. The van der Waals surface area contributed by atoms with Crippen LogP contribution in [-0.2, 0) is 0 Å². The monoisotopic (exact) mass is 198 g/mol. The van der Waals surface area contributed by atoms with Gasteiger partial charge in [-0.3, -0.25) is 9.78 Å². The first kappa shape index (κ1) is 9.40. The number of aldehydes is 1. The van der Waals surface area contributed by atoms with Gasteiger partial charge in [0.2, 0.25) is 0 Å². The van der Waals surface area contributed by atoms with Gasteiger partial charge in [-0.05, 0) is 11.6 Å². The van der Waals surface area contributed by atoms with E-state index in [0.29, 0.717) is 12.0 Å². The van der Waals surface area contributed by atoms with Crippen molar-refractivity contribution >= 4 is 12.0 Å². The van der Waals surface area contributed by atoms with Crippen LogP contribution >= 0.6 is 0 Å². The van der Waals surface area contributed by atoms with E-state index in [0.717, 1.165) is 11.1 Å². The molecule has 0 saturated heterocycles. The second-order valence-electron chi connectivity index (χ2n) is 3.14. The molecule has 0 fully saturated rings. The maximum atomic E-state index is 10.7. The van der Waals surface area contributed by atoms with Crippen molar-refractivity contribution < 1.29 is 4.79 Å². The predicted molar refractivity (Wildman–Crippen MR) is 59.5 cm³/mol. The van der Waals surface area contributed by atoms with Crippen molar-refractivity contribution in [3.8, 4) is 11.1 Å². The number of hydrogen-bond acceptors (Lipinski definition) is 3. The lowest BCUT2D eigenvalue weighted by molar-refractivity contribution is 0.112. The lowest BCUT2D eigenvalue weighted by Gasteiger charge is -2.06. The van der Waals surface area contributed by atoms with Crippen molar-refractivity contribution in [2.45, 2.75) is 0 Å². The fourth-order valence-corrected chi connectivity index (χ4v) is 1.45. The largest absolute Gasteiger partial charge is 0.396 e. The highest BCUT2D eigenvalue weighted by Crippen LogP contribution is 2.26. The van der Waals surface area contributed by atoms with E-state index >= 15 is 0 Å². The van der Waals surface area contributed by atoms with Gasteiger partial charge < -0.3 is 5.73 Å². The van der Waals surface area contributed by atoms with Crippen LogP contribution in [0.3, 0.4) is 0 Å². The highest BCUT2D eigenvalue weighted by molar-refractivity contribution is 5.88. The lowest BCUT2D eigenvalue weighted by Crippen LogP contribution is -1.98. The van der Waals surface area contributed by atoms with E-state index in [1.165, 1.54) is 0 Å². The summed E-state index contributed by atoms with van der Waals surface area (Å²) in [6.45, 7) is 0. The van der Waals surface area contributed by atoms with Gasteiger partial charge in [-0.25, -0.2) is 0 Å². The van der Waals surface area contributed by atoms with E-state index in [-0.39, 0.29) is 5.69 Å². The quantitative estimate of drug-likeness (QED) is 0.752. The highest BCUT2D eigenvalue weighted by Gasteiger charge is 2.06. The fourth-order valence-electron chi connectivity index (χ4n) is 1.45. The normalized spacial score (nSPS) is 9.87. The average molecular weight is 198 g/mol. The number of rotatable bonds is 2. The summed E-state index contributed by atoms with van der Waals surface area (Å²) in [6, 6.07) is 11.5. The molecule has 1 aromatic carbocycles. The molecule has 1 aromatic heterocycles. The number of anilines is 1. The molecular weight excluding hydrogens is 188 g/mol. The molecule has 2 rings (SSSR count). The van der Waals surface area contributed by atoms with Crippen molar-refractivity contribution in [2.75, 3.05) is 5.73 Å². The second-order valence-corrected chi connectivity index (χ2v) is 3.14. The Labute approximate surface area is 87.6 Å². The molecule has 2 N–H and O–H groups in total. The van der Waals surface area contributed by atoms with Gasteiger partial charge in [0.1, 0.15) is 5.69 Å². The molecule has 0 bridgehead atoms. The molecule has 0 atom stereocenters. The molecule has 0 unspecified atom stereocenters. The third-order valence-electron chi connectivity index (χ3n) is 2.22. The Hall–Kier alpha value is -2.16. The van der Waals surface area contributed by atoms with Gasteiger partial charge in [-0.15, -0.1) is 0 Å². The van der Waals surface area contributed by atoms with Crippen LogP contribution in [0.1, 0.15) is 10.5 Å². The zero-order valence-electron chi connectivity index (χ0n) is 8.05. The molecule has 0 saturated carbocycles. The Balaban J connectivity index is 2.59. The van der Waals surface area contributed by atoms with Gasteiger partial charge in [0, 0.05) is 11.8 Å². The maximum absolute atomic E-state index is 10.7. The van der Waals surface area contributed by atoms with Gasteiger partial charge in [0.15, 0.2) is 6.29 Å². The zero-order valence-corrected chi connectivity index (χ0v) is 8.05. The molecular formula is C12H10N2O. The van der Waals surface area contributed by atoms with Crippen molar-refractivity contribution in [3.63, 3.8) is 0 Å². The molecule has 0 radical (unpaired) electrons. The Morgan fingerprint density at radius 2 is 1.87 bits per heavy atom. The molecule has 74 valence electrons. The summed E-state index contributed by atoms with van der Waals surface area (Å²) in [7, 11) is 0. The number of nitrogen functional groups attached to an aromatic ring is 1. The summed E-state index contributed by atoms with van der Waals surface area (Å²) < 4.78 is 0. The van der Waals surface area contributed by atoms with Crippen LogP contribution in [0.25, 0.3) is 11.1 Å². The molecule has 0 aliphatic carbocycles. The van der Waals surface area contributed by atoms with E-state index in [2.05, 4.69) is 4.98 Å². The lowest BCUT2D eigenvalue weighted by atomic mass is 10.0. The number of pyridine rings is 1. The Morgan fingerprint density at radius 3 is 2.53 bits per heavy atom. The molecule has 0 amide bonds. The first-order valence-electron chi connectivity index (χ1n) is 4.58. The number of benzene rings is 1. The van der Waals surface area contributed by atoms with Crippen LogP contribution in [0.4, 0.5) is 5.69 Å². The molecule has 2 aromatic rings. The molecule has 0 aliphatic rings. The van der Waals surface area contributed by atoms with Gasteiger partial charge in [0.25, 0.3) is 0 Å². The third-order valence-corrected chi connectivity index (χ3v) is 2.22. The van der Waals surface area contributed by atoms with E-state index in [9.17, 15) is 4.79 Å². The summed E-state index contributed by atoms with van der Waals surface area (Å²) in [6.07, 6.45) is 2.25. The van der Waals surface area contributed by atoms with Crippen molar-refractivity contribution in [3.05, 3.63) is 48.3 Å². The molecule has 3 heteroatoms. The van der Waals surface area contributed by atoms with Crippen LogP contribution < -0.4 is 5.73 Å². The summed E-state index contributed by atoms with van der Waals surface area (Å²) >= 11 is 0. The van der Waals surface area contributed by atoms with Crippen molar-refractivity contribution in [2.24, 2.45) is 0 Å². The van der Waals surface area contributed by atoms with Gasteiger partial charge in [0.05, 0.1) is 5.69 Å². The fraction of sp³-hybridized carbons (Fsp3) is 0. The van der Waals surface area contributed by atoms with Crippen molar-refractivity contribution in [1.82, 2.24) is 4.98 Å². The van der Waals surface area contributed by atoms with Crippen LogP contribution in [0.5, 0.6) is 0 Å². The SMILES string of the molecule is Nc1c(-c2ccccc2)ccnc1C=O. The minimum atomic E-state index is 0.288.